The molecule has 0 radical (unpaired) electrons. The first-order valence-electron chi connectivity index (χ1n) is 7.48. The molecule has 1 unspecified atom stereocenters. The van der Waals surface area contributed by atoms with Gasteiger partial charge in [-0.15, -0.1) is 0 Å². The first-order valence-corrected chi connectivity index (χ1v) is 9.14. The second kappa shape index (κ2) is 8.44. The second-order valence-corrected chi connectivity index (χ2v) is 7.84. The summed E-state index contributed by atoms with van der Waals surface area (Å²) in [7, 11) is -3.65. The third-order valence-electron chi connectivity index (χ3n) is 3.26. The van der Waals surface area contributed by atoms with E-state index in [4.69, 9.17) is 5.73 Å². The molecule has 1 atom stereocenters. The van der Waals surface area contributed by atoms with Crippen LogP contribution in [0.4, 0.5) is 0 Å². The van der Waals surface area contributed by atoms with Gasteiger partial charge in [-0.1, -0.05) is 0 Å². The molecule has 1 saturated carbocycles. The highest BCUT2D eigenvalue weighted by Gasteiger charge is 2.28. The van der Waals surface area contributed by atoms with Crippen molar-refractivity contribution >= 4 is 21.8 Å². The first-order chi connectivity index (χ1) is 10.2. The summed E-state index contributed by atoms with van der Waals surface area (Å²) >= 11 is 0. The Morgan fingerprint density at radius 3 is 2.41 bits per heavy atom. The molecule has 2 amide bonds. The molecule has 0 aliphatic heterocycles. The largest absolute Gasteiger partial charge is 0.355 e. The summed E-state index contributed by atoms with van der Waals surface area (Å²) in [5.41, 5.74) is 5.84. The maximum Gasteiger partial charge on any atom is 0.235 e. The molecule has 0 spiro atoms. The van der Waals surface area contributed by atoms with Gasteiger partial charge in [0.05, 0.1) is 12.3 Å². The SMILES string of the molecule is CC(C)NC(=O)CNS(=O)(=O)CCC(=O)NCC(N)C1CC1. The van der Waals surface area contributed by atoms with Gasteiger partial charge in [0.15, 0.2) is 0 Å². The highest BCUT2D eigenvalue weighted by atomic mass is 32.2. The molecule has 0 saturated heterocycles. The smallest absolute Gasteiger partial charge is 0.235 e. The Kier molecular flexibility index (Phi) is 7.24. The zero-order chi connectivity index (χ0) is 16.8. The van der Waals surface area contributed by atoms with E-state index in [0.717, 1.165) is 12.8 Å². The van der Waals surface area contributed by atoms with Gasteiger partial charge in [-0.3, -0.25) is 9.59 Å². The van der Waals surface area contributed by atoms with Crippen molar-refractivity contribution in [1.29, 1.82) is 0 Å². The molecular weight excluding hydrogens is 308 g/mol. The predicted octanol–water partition coefficient (Wildman–Crippen LogP) is -1.33. The average molecular weight is 334 g/mol. The van der Waals surface area contributed by atoms with Gasteiger partial charge in [-0.05, 0) is 32.6 Å². The maximum absolute atomic E-state index is 11.7. The van der Waals surface area contributed by atoms with Gasteiger partial charge in [0, 0.05) is 25.0 Å². The van der Waals surface area contributed by atoms with Crippen LogP contribution >= 0.6 is 0 Å². The van der Waals surface area contributed by atoms with Gasteiger partial charge in [0.25, 0.3) is 0 Å². The van der Waals surface area contributed by atoms with Crippen LogP contribution in [0.25, 0.3) is 0 Å². The van der Waals surface area contributed by atoms with Crippen LogP contribution in [-0.4, -0.2) is 51.2 Å². The number of carbonyl (C=O) groups is 2. The number of hydrogen-bond donors (Lipinski definition) is 4. The quantitative estimate of drug-likeness (QED) is 0.393. The summed E-state index contributed by atoms with van der Waals surface area (Å²) in [5.74, 6) is -0.636. The first kappa shape index (κ1) is 18.9. The van der Waals surface area contributed by atoms with Crippen LogP contribution in [0.3, 0.4) is 0 Å². The Labute approximate surface area is 131 Å². The van der Waals surface area contributed by atoms with E-state index in [2.05, 4.69) is 15.4 Å². The molecule has 0 aromatic rings. The van der Waals surface area contributed by atoms with Gasteiger partial charge in [0.2, 0.25) is 21.8 Å². The summed E-state index contributed by atoms with van der Waals surface area (Å²) in [6, 6.07) is -0.114. The number of sulfonamides is 1. The van der Waals surface area contributed by atoms with Gasteiger partial charge in [-0.25, -0.2) is 13.1 Å². The molecule has 128 valence electrons. The zero-order valence-corrected chi connectivity index (χ0v) is 13.9. The summed E-state index contributed by atoms with van der Waals surface area (Å²) in [6.45, 7) is 3.61. The summed E-state index contributed by atoms with van der Waals surface area (Å²) < 4.78 is 25.5. The molecule has 9 heteroatoms. The number of hydrogen-bond acceptors (Lipinski definition) is 5. The van der Waals surface area contributed by atoms with E-state index in [1.54, 1.807) is 13.8 Å². The fourth-order valence-corrected chi connectivity index (χ4v) is 2.81. The van der Waals surface area contributed by atoms with Crippen LogP contribution in [0.2, 0.25) is 0 Å². The van der Waals surface area contributed by atoms with Crippen LogP contribution in [0.5, 0.6) is 0 Å². The van der Waals surface area contributed by atoms with E-state index in [1.165, 1.54) is 0 Å². The third kappa shape index (κ3) is 8.30. The topological polar surface area (TPSA) is 130 Å². The lowest BCUT2D eigenvalue weighted by Gasteiger charge is -2.12. The van der Waals surface area contributed by atoms with Crippen molar-refractivity contribution < 1.29 is 18.0 Å². The van der Waals surface area contributed by atoms with E-state index in [1.807, 2.05) is 0 Å². The maximum atomic E-state index is 11.7. The Hall–Kier alpha value is -1.19. The average Bonchev–Trinajstić information content (AvgIpc) is 3.24. The fraction of sp³-hybridized carbons (Fsp3) is 0.846. The molecule has 1 rings (SSSR count). The third-order valence-corrected chi connectivity index (χ3v) is 4.59. The number of nitrogens with two attached hydrogens (primary N) is 1. The van der Waals surface area contributed by atoms with Crippen molar-refractivity contribution in [3.8, 4) is 0 Å². The molecule has 1 aliphatic carbocycles. The highest BCUT2D eigenvalue weighted by molar-refractivity contribution is 7.89. The molecule has 0 bridgehead atoms. The predicted molar refractivity (Wildman–Crippen MR) is 83.4 cm³/mol. The summed E-state index contributed by atoms with van der Waals surface area (Å²) in [5, 5.41) is 5.20. The second-order valence-electron chi connectivity index (χ2n) is 5.92. The van der Waals surface area contributed by atoms with Gasteiger partial charge >= 0.3 is 0 Å². The lowest BCUT2D eigenvalue weighted by atomic mass is 10.2. The lowest BCUT2D eigenvalue weighted by Crippen LogP contribution is -2.42. The molecule has 0 aromatic heterocycles. The van der Waals surface area contributed by atoms with E-state index >= 15 is 0 Å². The van der Waals surface area contributed by atoms with Gasteiger partial charge in [0.1, 0.15) is 0 Å². The molecule has 5 N–H and O–H groups in total. The molecule has 0 heterocycles. The lowest BCUT2D eigenvalue weighted by molar-refractivity contribution is -0.121. The van der Waals surface area contributed by atoms with Crippen molar-refractivity contribution in [3.05, 3.63) is 0 Å². The normalized spacial score (nSPS) is 16.4. The number of nitrogens with one attached hydrogen (secondary N) is 3. The summed E-state index contributed by atoms with van der Waals surface area (Å²) in [6.07, 6.45) is 2.03. The zero-order valence-electron chi connectivity index (χ0n) is 13.1. The minimum atomic E-state index is -3.65. The van der Waals surface area contributed by atoms with Crippen molar-refractivity contribution in [2.75, 3.05) is 18.8 Å². The Morgan fingerprint density at radius 2 is 1.86 bits per heavy atom. The Balaban J connectivity index is 2.20. The van der Waals surface area contributed by atoms with Crippen LogP contribution in [0, 0.1) is 5.92 Å². The standard InChI is InChI=1S/C13H26N4O4S/c1-9(2)17-13(19)8-16-22(20,21)6-5-12(18)15-7-11(14)10-3-4-10/h9-11,16H,3-8,14H2,1-2H3,(H,15,18)(H,17,19). The molecule has 8 nitrogen and oxygen atoms in total. The van der Waals surface area contributed by atoms with Gasteiger partial charge in [-0.2, -0.15) is 0 Å². The Morgan fingerprint density at radius 1 is 1.23 bits per heavy atom. The Bertz CT molecular complexity index is 488. The minimum absolute atomic E-state index is 0.0570. The van der Waals surface area contributed by atoms with Crippen LogP contribution < -0.4 is 21.1 Å². The van der Waals surface area contributed by atoms with Crippen LogP contribution in [0.1, 0.15) is 33.1 Å². The minimum Gasteiger partial charge on any atom is -0.355 e. The molecular formula is C13H26N4O4S. The van der Waals surface area contributed by atoms with Crippen molar-refractivity contribution in [2.45, 2.75) is 45.2 Å². The number of rotatable bonds is 10. The summed E-state index contributed by atoms with van der Waals surface area (Å²) in [4.78, 5) is 22.9. The van der Waals surface area contributed by atoms with Crippen LogP contribution in [-0.2, 0) is 19.6 Å². The van der Waals surface area contributed by atoms with Crippen LogP contribution in [0.15, 0.2) is 0 Å². The highest BCUT2D eigenvalue weighted by Crippen LogP contribution is 2.31. The van der Waals surface area contributed by atoms with E-state index in [9.17, 15) is 18.0 Å². The van der Waals surface area contributed by atoms with Crippen molar-refractivity contribution in [2.24, 2.45) is 11.7 Å². The molecule has 22 heavy (non-hydrogen) atoms. The number of amides is 2. The van der Waals surface area contributed by atoms with E-state index in [0.29, 0.717) is 12.5 Å². The molecule has 0 aromatic carbocycles. The van der Waals surface area contributed by atoms with Crippen molar-refractivity contribution in [1.82, 2.24) is 15.4 Å². The van der Waals surface area contributed by atoms with E-state index < -0.39 is 15.9 Å². The number of carbonyl (C=O) groups excluding carboxylic acids is 2. The van der Waals surface area contributed by atoms with E-state index in [-0.39, 0.29) is 36.7 Å². The fourth-order valence-electron chi connectivity index (χ4n) is 1.86. The molecule has 1 fully saturated rings. The van der Waals surface area contributed by atoms with Gasteiger partial charge < -0.3 is 16.4 Å². The monoisotopic (exact) mass is 334 g/mol. The van der Waals surface area contributed by atoms with Crippen molar-refractivity contribution in [3.63, 3.8) is 0 Å². The molecule has 1 aliphatic rings.